The first-order valence-electron chi connectivity index (χ1n) is 13.6. The fraction of sp³-hybridized carbons (Fsp3) is 0.500. The number of amides is 3. The highest BCUT2D eigenvalue weighted by atomic mass is 35.5. The van der Waals surface area contributed by atoms with Crippen molar-refractivity contribution in [2.24, 2.45) is 5.92 Å². The Kier molecular flexibility index (Phi) is 14.4. The van der Waals surface area contributed by atoms with E-state index in [1.807, 2.05) is 0 Å². The zero-order valence-electron chi connectivity index (χ0n) is 24.5. The van der Waals surface area contributed by atoms with Gasteiger partial charge in [0.2, 0.25) is 25.2 Å². The number of nitrogens with one attached hydrogen (secondary N) is 3. The lowest BCUT2D eigenvalue weighted by atomic mass is 10.0. The third kappa shape index (κ3) is 11.2. The molecule has 0 saturated heterocycles. The average Bonchev–Trinajstić information content (AvgIpc) is 3.35. The molecule has 0 saturated carbocycles. The predicted molar refractivity (Wildman–Crippen MR) is 156 cm³/mol. The largest absolute Gasteiger partial charge is 0.467 e. The molecule has 0 bridgehead atoms. The molecular formula is C28H38ClN5O9. The second kappa shape index (κ2) is 17.7. The van der Waals surface area contributed by atoms with Crippen molar-refractivity contribution in [1.29, 1.82) is 0 Å². The Morgan fingerprint density at radius 2 is 1.63 bits per heavy atom. The van der Waals surface area contributed by atoms with Crippen LogP contribution in [0.3, 0.4) is 0 Å². The Balaban J connectivity index is 2.32. The number of nitrogens with zero attached hydrogens (tertiary/aromatic N) is 2. The van der Waals surface area contributed by atoms with Crippen molar-refractivity contribution >= 4 is 35.3 Å². The number of benzene rings is 1. The number of hydrogen-bond acceptors (Lipinski definition) is 9. The van der Waals surface area contributed by atoms with Gasteiger partial charge in [-0.3, -0.25) is 24.5 Å². The summed E-state index contributed by atoms with van der Waals surface area (Å²) in [4.78, 5) is 68.2. The predicted octanol–water partition coefficient (Wildman–Crippen LogP) is 1.76. The van der Waals surface area contributed by atoms with Gasteiger partial charge in [-0.2, -0.15) is 4.73 Å². The van der Waals surface area contributed by atoms with Gasteiger partial charge in [-0.1, -0.05) is 55.8 Å². The fourth-order valence-electron chi connectivity index (χ4n) is 4.10. The van der Waals surface area contributed by atoms with E-state index >= 15 is 0 Å². The van der Waals surface area contributed by atoms with Crippen LogP contribution in [0.2, 0.25) is 5.15 Å². The zero-order chi connectivity index (χ0) is 31.9. The Bertz CT molecular complexity index is 1240. The molecule has 1 aromatic carbocycles. The van der Waals surface area contributed by atoms with E-state index in [1.165, 1.54) is 26.4 Å². The number of halogens is 1. The van der Waals surface area contributed by atoms with Gasteiger partial charge in [-0.05, 0) is 36.5 Å². The van der Waals surface area contributed by atoms with Crippen LogP contribution in [0.25, 0.3) is 0 Å². The third-order valence-electron chi connectivity index (χ3n) is 6.36. The second-order valence-corrected chi connectivity index (χ2v) is 10.3. The summed E-state index contributed by atoms with van der Waals surface area (Å²) in [7, 11) is 2.60. The molecule has 43 heavy (non-hydrogen) atoms. The zero-order valence-corrected chi connectivity index (χ0v) is 25.3. The second-order valence-electron chi connectivity index (χ2n) is 9.95. The number of ether oxygens (including phenoxy) is 2. The van der Waals surface area contributed by atoms with Crippen molar-refractivity contribution in [2.75, 3.05) is 27.6 Å². The van der Waals surface area contributed by atoms with E-state index in [1.54, 1.807) is 44.2 Å². The van der Waals surface area contributed by atoms with Crippen LogP contribution in [0.5, 0.6) is 0 Å². The highest BCUT2D eigenvalue weighted by Crippen LogP contribution is 2.15. The number of rotatable bonds is 18. The van der Waals surface area contributed by atoms with Crippen molar-refractivity contribution in [3.8, 4) is 0 Å². The standard InChI is InChI=1S/C28H38ClN5O9/c1-18(2)24(28(38)42-4)32-26(36)21(16-19-10-6-5-7-11-19)31-25(35)20(12-8-9-15-33(39)40)30-27(37)22-13-14-23(29)34(22)43-17-41-3/h5-7,10-11,13-14,18,20-21,24H,8-9,12,15-17H2,1-4H3,(H,30,37)(H,31,35)(H,32,36)/t20-,21-,24-/m0/s1. The van der Waals surface area contributed by atoms with Gasteiger partial charge in [0.05, 0.1) is 7.11 Å². The van der Waals surface area contributed by atoms with Gasteiger partial charge in [0.1, 0.15) is 29.0 Å². The SMILES string of the molecule is COCOn1c(Cl)ccc1C(=O)N[C@@H](CCCC[N+](=O)[O-])C(=O)N[C@@H](Cc1ccccc1)C(=O)N[C@H](C(=O)OC)C(C)C. The first-order valence-corrected chi connectivity index (χ1v) is 14.0. The maximum atomic E-state index is 13.6. The highest BCUT2D eigenvalue weighted by Gasteiger charge is 2.32. The van der Waals surface area contributed by atoms with Crippen molar-refractivity contribution < 1.29 is 38.4 Å². The summed E-state index contributed by atoms with van der Waals surface area (Å²) in [6.07, 6.45) is 0.508. The Hall–Kier alpha value is -4.17. The van der Waals surface area contributed by atoms with Gasteiger partial charge in [-0.15, -0.1) is 0 Å². The van der Waals surface area contributed by atoms with Crippen LogP contribution in [0.1, 0.15) is 49.2 Å². The van der Waals surface area contributed by atoms with Crippen LogP contribution >= 0.6 is 11.6 Å². The first kappa shape index (κ1) is 35.0. The maximum absolute atomic E-state index is 13.6. The average molecular weight is 624 g/mol. The molecule has 3 atom stereocenters. The van der Waals surface area contributed by atoms with Crippen molar-refractivity contribution in [3.63, 3.8) is 0 Å². The number of unbranched alkanes of at least 4 members (excludes halogenated alkanes) is 1. The van der Waals surface area contributed by atoms with Crippen LogP contribution < -0.4 is 20.8 Å². The van der Waals surface area contributed by atoms with Gasteiger partial charge in [0.15, 0.2) is 0 Å². The topological polar surface area (TPSA) is 180 Å². The molecule has 0 aliphatic carbocycles. The summed E-state index contributed by atoms with van der Waals surface area (Å²) >= 11 is 6.11. The lowest BCUT2D eigenvalue weighted by Gasteiger charge is -2.26. The molecule has 3 amide bonds. The summed E-state index contributed by atoms with van der Waals surface area (Å²) in [5.74, 6) is -2.99. The van der Waals surface area contributed by atoms with E-state index < -0.39 is 46.7 Å². The lowest BCUT2D eigenvalue weighted by molar-refractivity contribution is -0.480. The van der Waals surface area contributed by atoms with E-state index in [0.29, 0.717) is 0 Å². The molecule has 15 heteroatoms. The van der Waals surface area contributed by atoms with Crippen LogP contribution in [0.15, 0.2) is 42.5 Å². The smallest absolute Gasteiger partial charge is 0.328 e. The summed E-state index contributed by atoms with van der Waals surface area (Å²) in [6.45, 7) is 2.96. The molecule has 0 spiro atoms. The van der Waals surface area contributed by atoms with Crippen LogP contribution in [0, 0.1) is 16.0 Å². The fourth-order valence-corrected chi connectivity index (χ4v) is 4.31. The Morgan fingerprint density at radius 3 is 2.23 bits per heavy atom. The molecule has 1 heterocycles. The number of aromatic nitrogens is 1. The van der Waals surface area contributed by atoms with Crippen molar-refractivity contribution in [1.82, 2.24) is 20.7 Å². The Labute approximate surface area is 254 Å². The van der Waals surface area contributed by atoms with Crippen molar-refractivity contribution in [3.05, 3.63) is 69.0 Å². The Morgan fingerprint density at radius 1 is 0.953 bits per heavy atom. The van der Waals surface area contributed by atoms with Gasteiger partial charge in [0.25, 0.3) is 5.91 Å². The molecule has 0 radical (unpaired) electrons. The molecule has 0 aliphatic rings. The summed E-state index contributed by atoms with van der Waals surface area (Å²) in [5, 5.41) is 18.9. The van der Waals surface area contributed by atoms with E-state index in [9.17, 15) is 29.3 Å². The molecule has 1 aromatic heterocycles. The molecule has 0 unspecified atom stereocenters. The van der Waals surface area contributed by atoms with Crippen LogP contribution in [-0.4, -0.2) is 79.0 Å². The molecule has 236 valence electrons. The summed E-state index contributed by atoms with van der Waals surface area (Å²) < 4.78 is 10.7. The first-order chi connectivity index (χ1) is 20.5. The van der Waals surface area contributed by atoms with Crippen LogP contribution in [-0.2, 0) is 30.3 Å². The molecular weight excluding hydrogens is 586 g/mol. The minimum Gasteiger partial charge on any atom is -0.467 e. The maximum Gasteiger partial charge on any atom is 0.328 e. The molecule has 0 fully saturated rings. The summed E-state index contributed by atoms with van der Waals surface area (Å²) in [6, 6.07) is 8.45. The highest BCUT2D eigenvalue weighted by molar-refractivity contribution is 6.30. The number of esters is 1. The lowest BCUT2D eigenvalue weighted by Crippen LogP contribution is -2.57. The van der Waals surface area contributed by atoms with E-state index in [2.05, 4.69) is 16.0 Å². The van der Waals surface area contributed by atoms with E-state index in [4.69, 9.17) is 25.9 Å². The monoisotopic (exact) mass is 623 g/mol. The number of nitro groups is 1. The normalized spacial score (nSPS) is 13.0. The molecule has 2 rings (SSSR count). The van der Waals surface area contributed by atoms with Gasteiger partial charge in [-0.25, -0.2) is 4.79 Å². The van der Waals surface area contributed by atoms with E-state index in [-0.39, 0.29) is 55.8 Å². The molecule has 2 aromatic rings. The quantitative estimate of drug-likeness (QED) is 0.0733. The van der Waals surface area contributed by atoms with Gasteiger partial charge >= 0.3 is 5.97 Å². The molecule has 3 N–H and O–H groups in total. The molecule has 0 aliphatic heterocycles. The number of hydrogen-bond donors (Lipinski definition) is 3. The van der Waals surface area contributed by atoms with E-state index in [0.717, 1.165) is 10.3 Å². The minimum atomic E-state index is -1.18. The number of carbonyl (C=O) groups excluding carboxylic acids is 4. The van der Waals surface area contributed by atoms with Crippen molar-refractivity contribution in [2.45, 2.75) is 57.7 Å². The van der Waals surface area contributed by atoms with Gasteiger partial charge < -0.3 is 30.3 Å². The number of methoxy groups -OCH3 is 2. The number of carbonyl (C=O) groups is 4. The van der Waals surface area contributed by atoms with Crippen LogP contribution in [0.4, 0.5) is 0 Å². The van der Waals surface area contributed by atoms with Gasteiger partial charge in [0, 0.05) is 24.9 Å². The third-order valence-corrected chi connectivity index (χ3v) is 6.64. The molecule has 14 nitrogen and oxygen atoms in total. The minimum absolute atomic E-state index is 0.0263. The summed E-state index contributed by atoms with van der Waals surface area (Å²) in [5.41, 5.74) is 0.706.